The summed E-state index contributed by atoms with van der Waals surface area (Å²) in [6.45, 7) is 5.83. The van der Waals surface area contributed by atoms with Crippen molar-refractivity contribution in [1.29, 1.82) is 0 Å². The summed E-state index contributed by atoms with van der Waals surface area (Å²) in [5, 5.41) is 3.47. The summed E-state index contributed by atoms with van der Waals surface area (Å²) in [5.41, 5.74) is 4.76. The Kier molecular flexibility index (Phi) is 5.28. The average molecular weight is 406 g/mol. The van der Waals surface area contributed by atoms with Gasteiger partial charge in [0, 0.05) is 47.1 Å². The molecule has 0 unspecified atom stereocenters. The maximum absolute atomic E-state index is 13.1. The number of ketones is 1. The smallest absolute Gasteiger partial charge is 0.231 e. The quantitative estimate of drug-likeness (QED) is 0.605. The van der Waals surface area contributed by atoms with Gasteiger partial charge in [0.05, 0.1) is 11.4 Å². The number of anilines is 1. The fourth-order valence-electron chi connectivity index (χ4n) is 3.51. The molecule has 3 heterocycles. The first-order valence-electron chi connectivity index (χ1n) is 10.1. The molecule has 1 fully saturated rings. The first-order chi connectivity index (χ1) is 14.4. The molecule has 4 rings (SSSR count). The average Bonchev–Trinajstić information content (AvgIpc) is 3.44. The van der Waals surface area contributed by atoms with Crippen molar-refractivity contribution >= 4 is 28.4 Å². The molecule has 1 saturated carbocycles. The van der Waals surface area contributed by atoms with Gasteiger partial charge in [-0.1, -0.05) is 6.92 Å². The summed E-state index contributed by atoms with van der Waals surface area (Å²) >= 11 is 0. The van der Waals surface area contributed by atoms with Crippen molar-refractivity contribution in [3.8, 4) is 11.1 Å². The number of fused-ring (bicyclic) bond motifs is 1. The van der Waals surface area contributed by atoms with Crippen molar-refractivity contribution in [2.75, 3.05) is 5.32 Å². The van der Waals surface area contributed by atoms with Gasteiger partial charge < -0.3 is 5.32 Å². The van der Waals surface area contributed by atoms with Gasteiger partial charge >= 0.3 is 0 Å². The predicted octanol–water partition coefficient (Wildman–Crippen LogP) is 4.59. The van der Waals surface area contributed by atoms with E-state index in [2.05, 4.69) is 20.3 Å². The minimum Gasteiger partial charge on any atom is -0.310 e. The van der Waals surface area contributed by atoms with E-state index in [-0.39, 0.29) is 18.1 Å². The number of carbonyl (C=O) groups excluding carboxylic acids is 2. The molecule has 1 N–H and O–H groups in total. The molecule has 7 heteroatoms. The van der Waals surface area contributed by atoms with E-state index >= 15 is 0 Å². The number of aromatic nitrogens is 3. The van der Waals surface area contributed by atoms with E-state index in [0.29, 0.717) is 23.4 Å². The van der Waals surface area contributed by atoms with Gasteiger partial charge in [0.1, 0.15) is 17.7 Å². The number of halogens is 1. The molecule has 154 valence electrons. The second-order valence-corrected chi connectivity index (χ2v) is 7.79. The Morgan fingerprint density at radius 2 is 1.90 bits per heavy atom. The maximum atomic E-state index is 13.1. The van der Waals surface area contributed by atoms with E-state index in [4.69, 9.17) is 0 Å². The van der Waals surface area contributed by atoms with Crippen molar-refractivity contribution in [3.63, 3.8) is 0 Å². The number of hydrogen-bond acceptors (Lipinski definition) is 5. The Bertz CT molecular complexity index is 1160. The predicted molar refractivity (Wildman–Crippen MR) is 113 cm³/mol. The van der Waals surface area contributed by atoms with Crippen molar-refractivity contribution in [1.82, 2.24) is 15.0 Å². The summed E-state index contributed by atoms with van der Waals surface area (Å²) in [7, 11) is 0. The van der Waals surface area contributed by atoms with E-state index in [9.17, 15) is 14.0 Å². The number of pyridine rings is 3. The van der Waals surface area contributed by atoms with Crippen LogP contribution in [0.2, 0.25) is 0 Å². The number of nitrogens with one attached hydrogen (secondary N) is 1. The minimum absolute atomic E-state index is 0.0459. The number of carbonyl (C=O) groups is 2. The molecule has 1 aliphatic carbocycles. The fraction of sp³-hybridized carbons (Fsp3) is 0.348. The zero-order chi connectivity index (χ0) is 21.4. The Morgan fingerprint density at radius 3 is 2.57 bits per heavy atom. The van der Waals surface area contributed by atoms with Crippen LogP contribution in [-0.4, -0.2) is 32.8 Å². The van der Waals surface area contributed by atoms with Crippen LogP contribution >= 0.6 is 0 Å². The SMILES string of the molecule is CCCC(=O)c1cc(C)c(-c2cc3cnc(NC(=O)[C@H]4C[C@H]4F)cc3nc2C)cn1. The Hall–Kier alpha value is -3.22. The van der Waals surface area contributed by atoms with E-state index in [1.54, 1.807) is 18.5 Å². The number of aryl methyl sites for hydroxylation is 2. The normalized spacial score (nSPS) is 17.7. The fourth-order valence-corrected chi connectivity index (χ4v) is 3.51. The molecule has 2 atom stereocenters. The standard InChI is InChI=1S/C23H23FN4O2/c1-4-5-21(29)20-6-12(2)17(11-25-20)15-7-14-10-26-22(9-19(14)27-13(15)3)28-23(30)16-8-18(16)24/h6-7,9-11,16,18H,4-5,8H2,1-3H3,(H,26,28,30)/t16-,18+/m0/s1. The van der Waals surface area contributed by atoms with Gasteiger partial charge in [-0.25, -0.2) is 9.37 Å². The second-order valence-electron chi connectivity index (χ2n) is 7.79. The summed E-state index contributed by atoms with van der Waals surface area (Å²) in [6.07, 6.45) is 3.87. The van der Waals surface area contributed by atoms with E-state index in [1.165, 1.54) is 0 Å². The Morgan fingerprint density at radius 1 is 1.13 bits per heavy atom. The lowest BCUT2D eigenvalue weighted by Gasteiger charge is -2.12. The molecule has 1 aliphatic rings. The highest BCUT2D eigenvalue weighted by Crippen LogP contribution is 2.35. The number of rotatable bonds is 6. The molecule has 0 aliphatic heterocycles. The lowest BCUT2D eigenvalue weighted by molar-refractivity contribution is -0.117. The van der Waals surface area contributed by atoms with Gasteiger partial charge in [-0.15, -0.1) is 0 Å². The van der Waals surface area contributed by atoms with Crippen LogP contribution < -0.4 is 5.32 Å². The van der Waals surface area contributed by atoms with E-state index in [0.717, 1.165) is 34.2 Å². The third-order valence-corrected chi connectivity index (χ3v) is 5.35. The van der Waals surface area contributed by atoms with Gasteiger partial charge in [0.15, 0.2) is 5.78 Å². The molecule has 6 nitrogen and oxygen atoms in total. The van der Waals surface area contributed by atoms with E-state index < -0.39 is 12.1 Å². The first kappa shape index (κ1) is 20.1. The van der Waals surface area contributed by atoms with Crippen LogP contribution in [0.3, 0.4) is 0 Å². The highest BCUT2D eigenvalue weighted by atomic mass is 19.1. The Balaban J connectivity index is 1.64. The number of Topliss-reactive ketones (excluding diaryl/α,β-unsaturated/α-hetero) is 1. The third-order valence-electron chi connectivity index (χ3n) is 5.35. The molecule has 0 radical (unpaired) electrons. The Labute approximate surface area is 174 Å². The van der Waals surface area contributed by atoms with Crippen LogP contribution in [0.25, 0.3) is 22.0 Å². The second kappa shape index (κ2) is 7.89. The summed E-state index contributed by atoms with van der Waals surface area (Å²) in [6, 6.07) is 5.49. The monoisotopic (exact) mass is 406 g/mol. The van der Waals surface area contributed by atoms with Crippen molar-refractivity contribution in [2.45, 2.75) is 46.2 Å². The van der Waals surface area contributed by atoms with Crippen LogP contribution in [0.4, 0.5) is 10.2 Å². The lowest BCUT2D eigenvalue weighted by Crippen LogP contribution is -2.15. The molecule has 30 heavy (non-hydrogen) atoms. The zero-order valence-corrected chi connectivity index (χ0v) is 17.2. The molecule has 1 amide bonds. The van der Waals surface area contributed by atoms with Gasteiger partial charge in [-0.05, 0) is 44.4 Å². The molecule has 0 aromatic carbocycles. The molecule has 0 saturated heterocycles. The summed E-state index contributed by atoms with van der Waals surface area (Å²) in [4.78, 5) is 37.4. The van der Waals surface area contributed by atoms with Crippen LogP contribution in [0.1, 0.15) is 47.9 Å². The minimum atomic E-state index is -1.05. The molecular formula is C23H23FN4O2. The van der Waals surface area contributed by atoms with Crippen LogP contribution in [0, 0.1) is 19.8 Å². The van der Waals surface area contributed by atoms with Gasteiger partial charge in [0.2, 0.25) is 5.91 Å². The lowest BCUT2D eigenvalue weighted by atomic mass is 9.98. The van der Waals surface area contributed by atoms with Gasteiger partial charge in [-0.2, -0.15) is 0 Å². The summed E-state index contributed by atoms with van der Waals surface area (Å²) < 4.78 is 13.1. The molecular weight excluding hydrogens is 383 g/mol. The third kappa shape index (κ3) is 3.92. The topological polar surface area (TPSA) is 84.8 Å². The molecule has 3 aromatic heterocycles. The van der Waals surface area contributed by atoms with Crippen LogP contribution in [0.15, 0.2) is 30.6 Å². The van der Waals surface area contributed by atoms with Gasteiger partial charge in [-0.3, -0.25) is 19.6 Å². The molecule has 3 aromatic rings. The number of amides is 1. The zero-order valence-electron chi connectivity index (χ0n) is 17.2. The summed E-state index contributed by atoms with van der Waals surface area (Å²) in [5.74, 6) is -0.503. The first-order valence-corrected chi connectivity index (χ1v) is 10.1. The van der Waals surface area contributed by atoms with Crippen LogP contribution in [-0.2, 0) is 4.79 Å². The van der Waals surface area contributed by atoms with Crippen molar-refractivity contribution in [2.24, 2.45) is 5.92 Å². The van der Waals surface area contributed by atoms with Crippen LogP contribution in [0.5, 0.6) is 0 Å². The number of nitrogens with zero attached hydrogens (tertiary/aromatic N) is 3. The number of hydrogen-bond donors (Lipinski definition) is 1. The number of alkyl halides is 1. The highest BCUT2D eigenvalue weighted by molar-refractivity contribution is 5.96. The highest BCUT2D eigenvalue weighted by Gasteiger charge is 2.43. The van der Waals surface area contributed by atoms with Crippen molar-refractivity contribution < 1.29 is 14.0 Å². The van der Waals surface area contributed by atoms with Crippen molar-refractivity contribution in [3.05, 3.63) is 47.5 Å². The maximum Gasteiger partial charge on any atom is 0.231 e. The van der Waals surface area contributed by atoms with Gasteiger partial charge in [0.25, 0.3) is 0 Å². The molecule has 0 bridgehead atoms. The largest absolute Gasteiger partial charge is 0.310 e. The van der Waals surface area contributed by atoms with E-state index in [1.807, 2.05) is 32.9 Å². The molecule has 0 spiro atoms.